The van der Waals surface area contributed by atoms with Crippen molar-refractivity contribution in [1.29, 1.82) is 0 Å². The van der Waals surface area contributed by atoms with Crippen molar-refractivity contribution >= 4 is 33.2 Å². The normalized spacial score (nSPS) is 12.1. The largest absolute Gasteiger partial charge is 0.341 e. The summed E-state index contributed by atoms with van der Waals surface area (Å²) in [5.74, 6) is -0.364. The minimum absolute atomic E-state index is 0.136. The number of carbonyl (C=O) groups excluding carboxylic acids is 1. The monoisotopic (exact) mass is 490 g/mol. The molecule has 0 saturated heterocycles. The zero-order chi connectivity index (χ0) is 24.1. The van der Waals surface area contributed by atoms with E-state index in [9.17, 15) is 13.2 Å². The quantitative estimate of drug-likeness (QED) is 0.335. The topological polar surface area (TPSA) is 75.3 Å². The first-order valence-corrected chi connectivity index (χ1v) is 12.5. The van der Waals surface area contributed by atoms with Crippen molar-refractivity contribution in [3.8, 4) is 0 Å². The predicted molar refractivity (Wildman–Crippen MR) is 136 cm³/mol. The highest BCUT2D eigenvalue weighted by Crippen LogP contribution is 2.26. The second-order valence-corrected chi connectivity index (χ2v) is 9.93. The summed E-state index contributed by atoms with van der Waals surface area (Å²) in [6.07, 6.45) is 0. The summed E-state index contributed by atoms with van der Waals surface area (Å²) >= 11 is 6.40. The molecule has 4 aromatic rings. The van der Waals surface area contributed by atoms with E-state index in [4.69, 9.17) is 11.6 Å². The van der Waals surface area contributed by atoms with Gasteiger partial charge in [-0.3, -0.25) is 9.52 Å². The van der Waals surface area contributed by atoms with Crippen LogP contribution in [0.5, 0.6) is 0 Å². The maximum absolute atomic E-state index is 13.2. The molecule has 4 rings (SSSR count). The summed E-state index contributed by atoms with van der Waals surface area (Å²) in [6, 6.07) is 29.7. The average molecular weight is 491 g/mol. The highest BCUT2D eigenvalue weighted by atomic mass is 35.5. The fraction of sp³-hybridized carbons (Fsp3) is 0.0741. The van der Waals surface area contributed by atoms with Gasteiger partial charge in [0.15, 0.2) is 0 Å². The lowest BCUT2D eigenvalue weighted by atomic mass is 9.97. The van der Waals surface area contributed by atoms with Crippen molar-refractivity contribution in [3.05, 3.63) is 130 Å². The number of halogens is 1. The maximum atomic E-state index is 13.2. The van der Waals surface area contributed by atoms with E-state index >= 15 is 0 Å². The fourth-order valence-corrected chi connectivity index (χ4v) is 4.89. The lowest BCUT2D eigenvalue weighted by Crippen LogP contribution is -2.29. The zero-order valence-electron chi connectivity index (χ0n) is 18.4. The number of carbonyl (C=O) groups is 1. The van der Waals surface area contributed by atoms with Crippen LogP contribution in [0.2, 0.25) is 5.02 Å². The van der Waals surface area contributed by atoms with Crippen LogP contribution in [0.25, 0.3) is 0 Å². The van der Waals surface area contributed by atoms with Gasteiger partial charge < -0.3 is 5.32 Å². The molecular weight excluding hydrogens is 468 g/mol. The summed E-state index contributed by atoms with van der Waals surface area (Å²) in [6.45, 7) is 2.01. The summed E-state index contributed by atoms with van der Waals surface area (Å²) in [7, 11) is -3.77. The van der Waals surface area contributed by atoms with Gasteiger partial charge >= 0.3 is 0 Å². The van der Waals surface area contributed by atoms with Crippen LogP contribution in [0.15, 0.2) is 108 Å². The second kappa shape index (κ2) is 10.1. The highest BCUT2D eigenvalue weighted by Gasteiger charge is 2.20. The second-order valence-electron chi connectivity index (χ2n) is 7.84. The van der Waals surface area contributed by atoms with Crippen LogP contribution in [-0.2, 0) is 10.0 Å². The van der Waals surface area contributed by atoms with Gasteiger partial charge in [-0.2, -0.15) is 0 Å². The number of hydrogen-bond acceptors (Lipinski definition) is 3. The molecule has 0 saturated carbocycles. The van der Waals surface area contributed by atoms with E-state index in [0.717, 1.165) is 16.7 Å². The van der Waals surface area contributed by atoms with Gasteiger partial charge in [-0.1, -0.05) is 90.0 Å². The van der Waals surface area contributed by atoms with Crippen molar-refractivity contribution < 1.29 is 13.2 Å². The van der Waals surface area contributed by atoms with Crippen LogP contribution in [0, 0.1) is 6.92 Å². The van der Waals surface area contributed by atoms with Crippen molar-refractivity contribution in [3.63, 3.8) is 0 Å². The third-order valence-corrected chi connectivity index (χ3v) is 7.05. The van der Waals surface area contributed by atoms with Crippen molar-refractivity contribution in [2.75, 3.05) is 4.72 Å². The molecule has 0 spiro atoms. The Hall–Kier alpha value is -3.61. The molecule has 5 nitrogen and oxygen atoms in total. The first-order chi connectivity index (χ1) is 16.3. The molecule has 0 heterocycles. The molecule has 0 unspecified atom stereocenters. The van der Waals surface area contributed by atoms with Crippen LogP contribution in [-0.4, -0.2) is 14.3 Å². The molecule has 0 aliphatic heterocycles. The Morgan fingerprint density at radius 2 is 1.38 bits per heavy atom. The van der Waals surface area contributed by atoms with E-state index in [1.807, 2.05) is 61.5 Å². The Labute approximate surface area is 204 Å². The van der Waals surface area contributed by atoms with Crippen LogP contribution in [0.4, 0.5) is 5.69 Å². The molecule has 34 heavy (non-hydrogen) atoms. The molecule has 2 N–H and O–H groups in total. The van der Waals surface area contributed by atoms with Crippen molar-refractivity contribution in [2.45, 2.75) is 17.9 Å². The number of benzene rings is 4. The maximum Gasteiger partial charge on any atom is 0.261 e. The van der Waals surface area contributed by atoms with Crippen LogP contribution < -0.4 is 10.0 Å². The van der Waals surface area contributed by atoms with E-state index in [1.54, 1.807) is 18.2 Å². The Morgan fingerprint density at radius 1 is 0.794 bits per heavy atom. The average Bonchev–Trinajstić information content (AvgIpc) is 2.84. The lowest BCUT2D eigenvalue weighted by Gasteiger charge is -2.21. The van der Waals surface area contributed by atoms with Gasteiger partial charge in [0.25, 0.3) is 15.9 Å². The fourth-order valence-electron chi connectivity index (χ4n) is 3.55. The number of aryl methyl sites for hydroxylation is 1. The standard InChI is InChI=1S/C27H23ClN2O3S/c1-19-12-14-21(15-13-19)26(20-8-4-2-5-9-20)29-27(31)24-17-16-22(18-25(24)28)30-34(32,33)23-10-6-3-7-11-23/h2-18,26,30H,1H3,(H,29,31)/t26-/m0/s1. The molecule has 172 valence electrons. The first kappa shape index (κ1) is 23.5. The van der Waals surface area contributed by atoms with E-state index in [2.05, 4.69) is 10.0 Å². The van der Waals surface area contributed by atoms with Crippen LogP contribution >= 0.6 is 11.6 Å². The molecule has 0 aliphatic carbocycles. The molecule has 1 atom stereocenters. The molecule has 0 aromatic heterocycles. The Balaban J connectivity index is 1.57. The highest BCUT2D eigenvalue weighted by molar-refractivity contribution is 7.92. The van der Waals surface area contributed by atoms with Gasteiger partial charge in [-0.15, -0.1) is 0 Å². The van der Waals surface area contributed by atoms with Gasteiger partial charge in [0.05, 0.1) is 27.2 Å². The lowest BCUT2D eigenvalue weighted by molar-refractivity contribution is 0.0943. The number of sulfonamides is 1. The van der Waals surface area contributed by atoms with Gasteiger partial charge in [0.2, 0.25) is 0 Å². The van der Waals surface area contributed by atoms with E-state index in [1.165, 1.54) is 30.3 Å². The molecule has 4 aromatic carbocycles. The summed E-state index contributed by atoms with van der Waals surface area (Å²) in [4.78, 5) is 13.3. The molecular formula is C27H23ClN2O3S. The van der Waals surface area contributed by atoms with Gasteiger partial charge in [0.1, 0.15) is 0 Å². The number of hydrogen-bond donors (Lipinski definition) is 2. The SMILES string of the molecule is Cc1ccc([C@@H](NC(=O)c2ccc(NS(=O)(=O)c3ccccc3)cc2Cl)c2ccccc2)cc1. The van der Waals surface area contributed by atoms with Gasteiger partial charge in [-0.05, 0) is 48.4 Å². The third kappa shape index (κ3) is 5.47. The van der Waals surface area contributed by atoms with Crippen LogP contribution in [0.3, 0.4) is 0 Å². The van der Waals surface area contributed by atoms with E-state index in [-0.39, 0.29) is 33.1 Å². The molecule has 0 fully saturated rings. The Kier molecular flexibility index (Phi) is 7.01. The number of amides is 1. The van der Waals surface area contributed by atoms with Crippen LogP contribution in [0.1, 0.15) is 33.1 Å². The smallest absolute Gasteiger partial charge is 0.261 e. The Bertz CT molecular complexity index is 1390. The van der Waals surface area contributed by atoms with E-state index < -0.39 is 10.0 Å². The summed E-state index contributed by atoms with van der Waals surface area (Å²) < 4.78 is 27.7. The molecule has 1 amide bonds. The van der Waals surface area contributed by atoms with Crippen molar-refractivity contribution in [2.24, 2.45) is 0 Å². The number of anilines is 1. The predicted octanol–water partition coefficient (Wildman–Crippen LogP) is 5.97. The van der Waals surface area contributed by atoms with E-state index in [0.29, 0.717) is 0 Å². The summed E-state index contributed by atoms with van der Waals surface area (Å²) in [5, 5.41) is 3.20. The zero-order valence-corrected chi connectivity index (χ0v) is 20.0. The number of nitrogens with one attached hydrogen (secondary N) is 2. The number of rotatable bonds is 7. The minimum atomic E-state index is -3.77. The van der Waals surface area contributed by atoms with Gasteiger partial charge in [0, 0.05) is 0 Å². The molecule has 0 radical (unpaired) electrons. The minimum Gasteiger partial charge on any atom is -0.341 e. The molecule has 0 bridgehead atoms. The van der Waals surface area contributed by atoms with Crippen molar-refractivity contribution in [1.82, 2.24) is 5.32 Å². The first-order valence-electron chi connectivity index (χ1n) is 10.6. The summed E-state index contributed by atoms with van der Waals surface area (Å²) in [5.41, 5.74) is 3.51. The molecule has 0 aliphatic rings. The Morgan fingerprint density at radius 3 is 2.00 bits per heavy atom. The molecule has 7 heteroatoms. The third-order valence-electron chi connectivity index (χ3n) is 5.34. The van der Waals surface area contributed by atoms with Gasteiger partial charge in [-0.25, -0.2) is 8.42 Å².